The summed E-state index contributed by atoms with van der Waals surface area (Å²) in [5.74, 6) is -1.42. The standard InChI is InChI=1S/C35H35ClF3NO3.C34H33ClF3NO3/c1-34(2,33(41)42)28-17-10-18-29(22-28)43-21-11-20-40(23-27-16-9-19-31(32(27)36)35(37,38)39)24-30(25-12-5-3-6-13-25)26-14-7-4-8-15-26;1-24(33(40)41)27-15-8-17-29(21-27)42-20-10-19-39(22-28-16-9-18-31(32(28)35)34(36,37)38)23-30(25-11-4-2-5-12-25)26-13-6-3-7-14-26/h3-10,12-19,22,30H,11,20-21,23-24H2,1-2H3,(H,41,42);2-9,11-18,21,24,30H,10,19-20,22-23H2,1H3,(H,40,41). The molecule has 1 unspecified atom stereocenters. The average Bonchev–Trinajstić information content (AvgIpc) is 3.70. The summed E-state index contributed by atoms with van der Waals surface area (Å²) in [5.41, 5.74) is 3.74. The molecule has 0 heterocycles. The van der Waals surface area contributed by atoms with Crippen molar-refractivity contribution in [2.45, 2.75) is 82.2 Å². The zero-order valence-corrected chi connectivity index (χ0v) is 48.9. The Hall–Kier alpha value is -7.62. The number of aliphatic carboxylic acids is 2. The summed E-state index contributed by atoms with van der Waals surface area (Å²) in [6, 6.07) is 62.2. The lowest BCUT2D eigenvalue weighted by Crippen LogP contribution is -2.31. The third kappa shape index (κ3) is 18.7. The summed E-state index contributed by atoms with van der Waals surface area (Å²) < 4.78 is 93.6. The van der Waals surface area contributed by atoms with Gasteiger partial charge in [0.05, 0.1) is 45.7 Å². The number of benzene rings is 8. The van der Waals surface area contributed by atoms with Gasteiger partial charge in [0.1, 0.15) is 11.5 Å². The number of hydrogen-bond donors (Lipinski definition) is 2. The Morgan fingerprint density at radius 1 is 0.482 bits per heavy atom. The van der Waals surface area contributed by atoms with Gasteiger partial charge in [-0.25, -0.2) is 0 Å². The highest BCUT2D eigenvalue weighted by Gasteiger charge is 2.36. The number of carboxylic acids is 2. The minimum atomic E-state index is -4.55. The van der Waals surface area contributed by atoms with Crippen LogP contribution in [-0.2, 0) is 40.4 Å². The molecule has 8 aromatic rings. The largest absolute Gasteiger partial charge is 0.494 e. The highest BCUT2D eigenvalue weighted by molar-refractivity contribution is 6.32. The van der Waals surface area contributed by atoms with Gasteiger partial charge < -0.3 is 19.7 Å². The molecule has 2 N–H and O–H groups in total. The number of carbonyl (C=O) groups is 2. The number of ether oxygens (including phenoxy) is 2. The van der Waals surface area contributed by atoms with Crippen LogP contribution in [0, 0.1) is 0 Å². The molecule has 0 aliphatic rings. The zero-order chi connectivity index (χ0) is 61.2. The Balaban J connectivity index is 0.000000244. The van der Waals surface area contributed by atoms with Gasteiger partial charge >= 0.3 is 24.3 Å². The van der Waals surface area contributed by atoms with Gasteiger partial charge in [-0.15, -0.1) is 0 Å². The summed E-state index contributed by atoms with van der Waals surface area (Å²) in [6.07, 6.45) is -7.92. The third-order valence-electron chi connectivity index (χ3n) is 14.8. The van der Waals surface area contributed by atoms with Crippen LogP contribution < -0.4 is 9.47 Å². The molecule has 0 amide bonds. The molecule has 0 saturated heterocycles. The Morgan fingerprint density at radius 3 is 1.20 bits per heavy atom. The van der Waals surface area contributed by atoms with Crippen LogP contribution in [0.5, 0.6) is 11.5 Å². The number of carboxylic acid groups (broad SMARTS) is 2. The van der Waals surface area contributed by atoms with E-state index in [9.17, 15) is 46.1 Å². The first-order valence-electron chi connectivity index (χ1n) is 27.9. The van der Waals surface area contributed by atoms with Crippen LogP contribution >= 0.6 is 23.2 Å². The molecule has 0 aliphatic heterocycles. The van der Waals surface area contributed by atoms with E-state index in [1.807, 2.05) is 72.8 Å². The van der Waals surface area contributed by atoms with E-state index >= 15 is 0 Å². The van der Waals surface area contributed by atoms with Crippen molar-refractivity contribution in [1.29, 1.82) is 0 Å². The zero-order valence-electron chi connectivity index (χ0n) is 47.4. The van der Waals surface area contributed by atoms with Crippen molar-refractivity contribution in [2.24, 2.45) is 0 Å². The van der Waals surface area contributed by atoms with Crippen LogP contribution in [0.3, 0.4) is 0 Å². The highest BCUT2D eigenvalue weighted by Crippen LogP contribution is 2.39. The third-order valence-corrected chi connectivity index (χ3v) is 15.7. The van der Waals surface area contributed by atoms with E-state index in [1.165, 1.54) is 12.1 Å². The monoisotopic (exact) mass is 1200 g/mol. The quantitative estimate of drug-likeness (QED) is 0.0409. The van der Waals surface area contributed by atoms with Crippen molar-refractivity contribution in [1.82, 2.24) is 9.80 Å². The van der Waals surface area contributed by atoms with E-state index in [-0.39, 0.29) is 35.0 Å². The maximum atomic E-state index is 13.6. The molecule has 8 aromatic carbocycles. The number of rotatable bonds is 26. The Bertz CT molecular complexity index is 3310. The predicted molar refractivity (Wildman–Crippen MR) is 323 cm³/mol. The van der Waals surface area contributed by atoms with Crippen molar-refractivity contribution < 1.29 is 55.6 Å². The molecule has 8 rings (SSSR count). The fourth-order valence-corrected chi connectivity index (χ4v) is 10.5. The maximum absolute atomic E-state index is 13.6. The van der Waals surface area contributed by atoms with Gasteiger partial charge in [-0.05, 0) is 115 Å². The predicted octanol–water partition coefficient (Wildman–Crippen LogP) is 17.5. The Morgan fingerprint density at radius 2 is 0.835 bits per heavy atom. The maximum Gasteiger partial charge on any atom is 0.417 e. The first-order valence-corrected chi connectivity index (χ1v) is 28.6. The van der Waals surface area contributed by atoms with E-state index < -0.39 is 46.8 Å². The van der Waals surface area contributed by atoms with Gasteiger partial charge in [0.2, 0.25) is 0 Å². The molecule has 0 radical (unpaired) electrons. The summed E-state index contributed by atoms with van der Waals surface area (Å²) in [4.78, 5) is 27.3. The Kier molecular flexibility index (Phi) is 23.3. The number of nitrogens with zero attached hydrogens (tertiary/aromatic N) is 2. The normalized spacial score (nSPS) is 12.3. The molecule has 0 fully saturated rings. The van der Waals surface area contributed by atoms with Crippen molar-refractivity contribution >= 4 is 35.1 Å². The number of halogens is 8. The summed E-state index contributed by atoms with van der Waals surface area (Å²) in [6.45, 7) is 8.19. The van der Waals surface area contributed by atoms with Crippen LogP contribution in [0.4, 0.5) is 26.3 Å². The van der Waals surface area contributed by atoms with Crippen LogP contribution in [-0.4, -0.2) is 71.3 Å². The molecule has 1 atom stereocenters. The molecule has 16 heteroatoms. The molecule has 0 aliphatic carbocycles. The van der Waals surface area contributed by atoms with E-state index in [0.29, 0.717) is 86.0 Å². The second-order valence-corrected chi connectivity index (χ2v) is 22.0. The lowest BCUT2D eigenvalue weighted by Gasteiger charge is -2.29. The topological polar surface area (TPSA) is 99.5 Å². The van der Waals surface area contributed by atoms with Gasteiger partial charge in [0.15, 0.2) is 0 Å². The van der Waals surface area contributed by atoms with Crippen LogP contribution in [0.1, 0.15) is 107 Å². The summed E-state index contributed by atoms with van der Waals surface area (Å²) in [7, 11) is 0. The van der Waals surface area contributed by atoms with Crippen LogP contribution in [0.2, 0.25) is 10.0 Å². The van der Waals surface area contributed by atoms with Crippen molar-refractivity contribution in [3.05, 3.63) is 272 Å². The smallest absolute Gasteiger partial charge is 0.417 e. The van der Waals surface area contributed by atoms with E-state index in [1.54, 1.807) is 81.4 Å². The molecule has 0 bridgehead atoms. The molecular weight excluding hydrogens is 1140 g/mol. The van der Waals surface area contributed by atoms with Gasteiger partial charge in [-0.3, -0.25) is 19.4 Å². The Labute approximate surface area is 503 Å². The summed E-state index contributed by atoms with van der Waals surface area (Å²) in [5, 5.41) is 18.3. The molecule has 85 heavy (non-hydrogen) atoms. The van der Waals surface area contributed by atoms with Crippen LogP contribution in [0.15, 0.2) is 206 Å². The van der Waals surface area contributed by atoms with Crippen molar-refractivity contribution in [3.63, 3.8) is 0 Å². The van der Waals surface area contributed by atoms with Gasteiger partial charge in [0, 0.05) is 51.1 Å². The minimum absolute atomic E-state index is 0.0212. The summed E-state index contributed by atoms with van der Waals surface area (Å²) >= 11 is 12.6. The minimum Gasteiger partial charge on any atom is -0.494 e. The molecular formula is C69H68Cl2F6N2O6. The van der Waals surface area contributed by atoms with Crippen LogP contribution in [0.25, 0.3) is 0 Å². The van der Waals surface area contributed by atoms with Crippen molar-refractivity contribution in [2.75, 3.05) is 39.4 Å². The van der Waals surface area contributed by atoms with E-state index in [4.69, 9.17) is 32.7 Å². The second kappa shape index (κ2) is 30.5. The van der Waals surface area contributed by atoms with E-state index in [0.717, 1.165) is 34.4 Å². The number of alkyl halides is 6. The van der Waals surface area contributed by atoms with Gasteiger partial charge in [-0.2, -0.15) is 26.3 Å². The number of hydrogen-bond acceptors (Lipinski definition) is 6. The first-order chi connectivity index (χ1) is 40.6. The lowest BCUT2D eigenvalue weighted by molar-refractivity contribution is -0.142. The highest BCUT2D eigenvalue weighted by atomic mass is 35.5. The average molecular weight is 1210 g/mol. The lowest BCUT2D eigenvalue weighted by atomic mass is 9.85. The van der Waals surface area contributed by atoms with Crippen molar-refractivity contribution in [3.8, 4) is 11.5 Å². The van der Waals surface area contributed by atoms with E-state index in [2.05, 4.69) is 58.3 Å². The second-order valence-electron chi connectivity index (χ2n) is 21.3. The van der Waals surface area contributed by atoms with Gasteiger partial charge in [0.25, 0.3) is 0 Å². The van der Waals surface area contributed by atoms with Gasteiger partial charge in [-0.1, -0.05) is 193 Å². The molecule has 8 nitrogen and oxygen atoms in total. The SMILES string of the molecule is CC(C(=O)O)c1cccc(OCCCN(Cc2cccc(C(F)(F)F)c2Cl)CC(c2ccccc2)c2ccccc2)c1.CC(C)(C(=O)O)c1cccc(OCCCN(Cc2cccc(C(F)(F)F)c2Cl)CC(c2ccccc2)c2ccccc2)c1. The fourth-order valence-electron chi connectivity index (χ4n) is 9.93. The first kappa shape index (κ1) is 64.9. The molecule has 0 spiro atoms. The fraction of sp³-hybridized carbons (Fsp3) is 0.275. The molecule has 0 saturated carbocycles. The molecule has 446 valence electrons. The molecule has 0 aromatic heterocycles.